The number of nitrogens with zero attached hydrogens (tertiary/aromatic N) is 1. The fraction of sp³-hybridized carbons (Fsp3) is 0.533. The van der Waals surface area contributed by atoms with Gasteiger partial charge in [0.2, 0.25) is 5.91 Å². The molecule has 0 spiro atoms. The van der Waals surface area contributed by atoms with Crippen LogP contribution in [0, 0.1) is 0 Å². The Bertz CT molecular complexity index is 386. The minimum atomic E-state index is -0.183. The third-order valence-electron chi connectivity index (χ3n) is 3.22. The van der Waals surface area contributed by atoms with Crippen LogP contribution in [-0.2, 0) is 11.2 Å². The van der Waals surface area contributed by atoms with Gasteiger partial charge in [-0.2, -0.15) is 0 Å². The summed E-state index contributed by atoms with van der Waals surface area (Å²) in [6.07, 6.45) is 0.968. The van der Waals surface area contributed by atoms with Crippen LogP contribution < -0.4 is 5.32 Å². The first-order valence-electron chi connectivity index (χ1n) is 6.77. The lowest BCUT2D eigenvalue weighted by atomic mass is 10.1. The summed E-state index contributed by atoms with van der Waals surface area (Å²) in [5.41, 5.74) is 2.31. The first kappa shape index (κ1) is 14.6. The molecule has 0 aromatic heterocycles. The lowest BCUT2D eigenvalue weighted by molar-refractivity contribution is -0.131. The van der Waals surface area contributed by atoms with Gasteiger partial charge in [0.05, 0.1) is 0 Å². The maximum absolute atomic E-state index is 12.2. The minimum absolute atomic E-state index is 0.158. The Morgan fingerprint density at radius 3 is 2.39 bits per heavy atom. The van der Waals surface area contributed by atoms with E-state index in [2.05, 4.69) is 18.3 Å². The van der Waals surface area contributed by atoms with E-state index in [1.54, 1.807) is 0 Å². The number of anilines is 1. The van der Waals surface area contributed by atoms with Crippen LogP contribution in [0.2, 0.25) is 0 Å². The van der Waals surface area contributed by atoms with Crippen molar-refractivity contribution in [1.29, 1.82) is 0 Å². The molecule has 0 radical (unpaired) electrons. The maximum Gasteiger partial charge on any atom is 0.244 e. The molecule has 0 bridgehead atoms. The summed E-state index contributed by atoms with van der Waals surface area (Å²) < 4.78 is 0. The number of nitrogens with one attached hydrogen (secondary N) is 1. The summed E-state index contributed by atoms with van der Waals surface area (Å²) in [5, 5.41) is 3.32. The summed E-state index contributed by atoms with van der Waals surface area (Å²) in [7, 11) is 0. The highest BCUT2D eigenvalue weighted by molar-refractivity contribution is 5.84. The molecule has 0 aliphatic heterocycles. The van der Waals surface area contributed by atoms with Crippen LogP contribution in [0.25, 0.3) is 0 Å². The summed E-state index contributed by atoms with van der Waals surface area (Å²) in [6.45, 7) is 9.58. The van der Waals surface area contributed by atoms with Crippen molar-refractivity contribution >= 4 is 11.6 Å². The summed E-state index contributed by atoms with van der Waals surface area (Å²) in [6, 6.07) is 7.97. The number of aryl methyl sites for hydroxylation is 1. The third kappa shape index (κ3) is 3.49. The Hall–Kier alpha value is -1.51. The number of para-hydroxylation sites is 1. The Morgan fingerprint density at radius 2 is 1.83 bits per heavy atom. The number of carbonyl (C=O) groups excluding carboxylic acids is 1. The Labute approximate surface area is 110 Å². The van der Waals surface area contributed by atoms with Crippen molar-refractivity contribution in [3.05, 3.63) is 29.8 Å². The van der Waals surface area contributed by atoms with Gasteiger partial charge in [0.15, 0.2) is 0 Å². The maximum atomic E-state index is 12.2. The topological polar surface area (TPSA) is 32.3 Å². The van der Waals surface area contributed by atoms with Crippen molar-refractivity contribution in [2.45, 2.75) is 40.2 Å². The summed E-state index contributed by atoms with van der Waals surface area (Å²) >= 11 is 0. The molecule has 1 N–H and O–H groups in total. The van der Waals surface area contributed by atoms with Crippen LogP contribution in [0.15, 0.2) is 24.3 Å². The second kappa shape index (κ2) is 7.04. The highest BCUT2D eigenvalue weighted by Crippen LogP contribution is 2.16. The SMILES string of the molecule is CCc1ccccc1NC(C)C(=O)N(CC)CC. The van der Waals surface area contributed by atoms with E-state index in [0.717, 1.165) is 25.2 Å². The van der Waals surface area contributed by atoms with Crippen LogP contribution >= 0.6 is 0 Å². The van der Waals surface area contributed by atoms with Crippen molar-refractivity contribution in [1.82, 2.24) is 4.90 Å². The lowest BCUT2D eigenvalue weighted by Crippen LogP contribution is -2.41. The molecular formula is C15H24N2O. The molecule has 0 saturated carbocycles. The van der Waals surface area contributed by atoms with E-state index in [1.165, 1.54) is 5.56 Å². The van der Waals surface area contributed by atoms with Crippen molar-refractivity contribution in [3.63, 3.8) is 0 Å². The zero-order chi connectivity index (χ0) is 13.5. The van der Waals surface area contributed by atoms with Gasteiger partial charge in [-0.05, 0) is 38.8 Å². The fourth-order valence-corrected chi connectivity index (χ4v) is 2.07. The van der Waals surface area contributed by atoms with E-state index in [-0.39, 0.29) is 11.9 Å². The number of likely N-dealkylation sites (N-methyl/N-ethyl adjacent to an activating group) is 1. The molecule has 1 rings (SSSR count). The fourth-order valence-electron chi connectivity index (χ4n) is 2.07. The highest BCUT2D eigenvalue weighted by atomic mass is 16.2. The van der Waals surface area contributed by atoms with E-state index >= 15 is 0 Å². The normalized spacial score (nSPS) is 12.0. The van der Waals surface area contributed by atoms with E-state index in [0.29, 0.717) is 0 Å². The molecule has 1 atom stereocenters. The molecule has 0 fully saturated rings. The smallest absolute Gasteiger partial charge is 0.244 e. The van der Waals surface area contributed by atoms with Crippen molar-refractivity contribution in [2.24, 2.45) is 0 Å². The number of benzene rings is 1. The number of rotatable bonds is 6. The molecule has 0 aliphatic rings. The van der Waals surface area contributed by atoms with Crippen molar-refractivity contribution < 1.29 is 4.79 Å². The van der Waals surface area contributed by atoms with E-state index in [4.69, 9.17) is 0 Å². The number of hydrogen-bond donors (Lipinski definition) is 1. The van der Waals surface area contributed by atoms with Crippen molar-refractivity contribution in [2.75, 3.05) is 18.4 Å². The lowest BCUT2D eigenvalue weighted by Gasteiger charge is -2.24. The molecule has 18 heavy (non-hydrogen) atoms. The average molecular weight is 248 g/mol. The van der Waals surface area contributed by atoms with Crippen molar-refractivity contribution in [3.8, 4) is 0 Å². The number of amides is 1. The predicted octanol–water partition coefficient (Wildman–Crippen LogP) is 2.92. The number of hydrogen-bond acceptors (Lipinski definition) is 2. The zero-order valence-electron chi connectivity index (χ0n) is 11.9. The van der Waals surface area contributed by atoms with E-state index in [9.17, 15) is 4.79 Å². The Morgan fingerprint density at radius 1 is 1.22 bits per heavy atom. The second-order valence-corrected chi connectivity index (χ2v) is 4.39. The van der Waals surface area contributed by atoms with Crippen LogP contribution in [0.3, 0.4) is 0 Å². The summed E-state index contributed by atoms with van der Waals surface area (Å²) in [5.74, 6) is 0.158. The van der Waals surface area contributed by atoms with Gasteiger partial charge in [0.25, 0.3) is 0 Å². The monoisotopic (exact) mass is 248 g/mol. The predicted molar refractivity (Wildman–Crippen MR) is 76.8 cm³/mol. The Balaban J connectivity index is 2.74. The van der Waals surface area contributed by atoms with Gasteiger partial charge in [-0.3, -0.25) is 4.79 Å². The van der Waals surface area contributed by atoms with Crippen LogP contribution in [0.5, 0.6) is 0 Å². The molecule has 3 nitrogen and oxygen atoms in total. The first-order valence-corrected chi connectivity index (χ1v) is 6.77. The van der Waals surface area contributed by atoms with Gasteiger partial charge in [-0.1, -0.05) is 25.1 Å². The quantitative estimate of drug-likeness (QED) is 0.839. The average Bonchev–Trinajstić information content (AvgIpc) is 2.40. The standard InChI is InChI=1S/C15H24N2O/c1-5-13-10-8-9-11-14(13)16-12(4)15(18)17(6-2)7-3/h8-12,16H,5-7H2,1-4H3. The molecule has 1 unspecified atom stereocenters. The molecule has 1 amide bonds. The van der Waals surface area contributed by atoms with E-state index in [1.807, 2.05) is 43.9 Å². The van der Waals surface area contributed by atoms with Gasteiger partial charge in [0, 0.05) is 18.8 Å². The van der Waals surface area contributed by atoms with Gasteiger partial charge >= 0.3 is 0 Å². The van der Waals surface area contributed by atoms with E-state index < -0.39 is 0 Å². The molecule has 3 heteroatoms. The van der Waals surface area contributed by atoms with Gasteiger partial charge < -0.3 is 10.2 Å². The molecule has 1 aromatic rings. The highest BCUT2D eigenvalue weighted by Gasteiger charge is 2.18. The van der Waals surface area contributed by atoms with Gasteiger partial charge in [0.1, 0.15) is 6.04 Å². The van der Waals surface area contributed by atoms with Crippen LogP contribution in [0.4, 0.5) is 5.69 Å². The molecule has 0 aliphatic carbocycles. The molecule has 0 saturated heterocycles. The summed E-state index contributed by atoms with van der Waals surface area (Å²) in [4.78, 5) is 14.0. The first-order chi connectivity index (χ1) is 8.63. The number of carbonyl (C=O) groups is 1. The Kier molecular flexibility index (Phi) is 5.69. The zero-order valence-corrected chi connectivity index (χ0v) is 11.9. The molecule has 0 heterocycles. The van der Waals surface area contributed by atoms with Crippen LogP contribution in [0.1, 0.15) is 33.3 Å². The molecule has 1 aromatic carbocycles. The molecular weight excluding hydrogens is 224 g/mol. The second-order valence-electron chi connectivity index (χ2n) is 4.39. The molecule has 100 valence electrons. The largest absolute Gasteiger partial charge is 0.374 e. The van der Waals surface area contributed by atoms with Gasteiger partial charge in [-0.25, -0.2) is 0 Å². The minimum Gasteiger partial charge on any atom is -0.374 e. The van der Waals surface area contributed by atoms with Crippen LogP contribution in [-0.4, -0.2) is 29.9 Å². The third-order valence-corrected chi connectivity index (χ3v) is 3.22. The van der Waals surface area contributed by atoms with Gasteiger partial charge in [-0.15, -0.1) is 0 Å².